The van der Waals surface area contributed by atoms with E-state index in [-0.39, 0.29) is 0 Å². The molecular weight excluding hydrogens is 771 g/mol. The predicted octanol–water partition coefficient (Wildman–Crippen LogP) is 11.5. The molecule has 0 spiro atoms. The first-order chi connectivity index (χ1) is 30.7. The Bertz CT molecular complexity index is 3220. The zero-order valence-corrected chi connectivity index (χ0v) is 34.8. The maximum Gasteiger partial charge on any atom is 0.179 e. The highest BCUT2D eigenvalue weighted by Crippen LogP contribution is 2.37. The van der Waals surface area contributed by atoms with Crippen molar-refractivity contribution in [3.8, 4) is 56.4 Å². The van der Waals surface area contributed by atoms with Gasteiger partial charge in [-0.2, -0.15) is 0 Å². The zero-order valence-electron chi connectivity index (χ0n) is 33.8. The van der Waals surface area contributed by atoms with Crippen LogP contribution in [0, 0.1) is 0 Å². The topological polar surface area (TPSA) is 51.8 Å². The highest BCUT2D eigenvalue weighted by Gasteiger charge is 2.41. The van der Waals surface area contributed by atoms with Gasteiger partial charge in [-0.1, -0.05) is 224 Å². The van der Waals surface area contributed by atoms with Crippen molar-refractivity contribution in [1.82, 2.24) is 15.0 Å². The molecule has 0 aliphatic rings. The maximum absolute atomic E-state index is 6.34. The average molecular weight is 810 g/mol. The van der Waals surface area contributed by atoms with Crippen LogP contribution in [0.15, 0.2) is 241 Å². The Labute approximate surface area is 361 Å². The molecule has 292 valence electrons. The van der Waals surface area contributed by atoms with E-state index in [9.17, 15) is 0 Å². The lowest BCUT2D eigenvalue weighted by Gasteiger charge is -2.34. The second kappa shape index (κ2) is 15.9. The van der Waals surface area contributed by atoms with Gasteiger partial charge in [0.25, 0.3) is 0 Å². The Morgan fingerprint density at radius 3 is 1.27 bits per heavy atom. The molecule has 0 N–H and O–H groups in total. The first-order valence-corrected chi connectivity index (χ1v) is 22.9. The minimum Gasteiger partial charge on any atom is -0.456 e. The maximum atomic E-state index is 6.34. The van der Waals surface area contributed by atoms with Gasteiger partial charge in [-0.25, -0.2) is 15.0 Å². The largest absolute Gasteiger partial charge is 0.456 e. The first kappa shape index (κ1) is 37.0. The van der Waals surface area contributed by atoms with Gasteiger partial charge in [-0.15, -0.1) is 0 Å². The highest BCUT2D eigenvalue weighted by molar-refractivity contribution is 7.19. The molecule has 0 atom stereocenters. The summed E-state index contributed by atoms with van der Waals surface area (Å²) in [5, 5.41) is 7.17. The van der Waals surface area contributed by atoms with E-state index in [4.69, 9.17) is 19.4 Å². The van der Waals surface area contributed by atoms with Gasteiger partial charge in [0, 0.05) is 27.5 Å². The molecule has 0 unspecified atom stereocenters. The van der Waals surface area contributed by atoms with Crippen molar-refractivity contribution in [1.29, 1.82) is 0 Å². The third-order valence-electron chi connectivity index (χ3n) is 11.9. The zero-order chi connectivity index (χ0) is 41.3. The number of hydrogen-bond donors (Lipinski definition) is 0. The van der Waals surface area contributed by atoms with Gasteiger partial charge in [-0.3, -0.25) is 0 Å². The van der Waals surface area contributed by atoms with Gasteiger partial charge in [-0.05, 0) is 55.1 Å². The molecule has 9 aromatic carbocycles. The van der Waals surface area contributed by atoms with E-state index >= 15 is 0 Å². The Kier molecular flexibility index (Phi) is 9.49. The van der Waals surface area contributed by atoms with Crippen LogP contribution in [0.25, 0.3) is 78.4 Å². The molecule has 0 radical (unpaired) electrons. The number of fused-ring (bicyclic) bond motifs is 3. The molecule has 0 aliphatic heterocycles. The molecule has 0 fully saturated rings. The Morgan fingerprint density at radius 1 is 0.290 bits per heavy atom. The van der Waals surface area contributed by atoms with Gasteiger partial charge >= 0.3 is 0 Å². The molecule has 0 aliphatic carbocycles. The highest BCUT2D eigenvalue weighted by atomic mass is 28.3. The normalized spacial score (nSPS) is 11.5. The monoisotopic (exact) mass is 809 g/mol. The van der Waals surface area contributed by atoms with Crippen LogP contribution >= 0.6 is 0 Å². The van der Waals surface area contributed by atoms with Crippen LogP contribution in [-0.2, 0) is 0 Å². The van der Waals surface area contributed by atoms with Crippen LogP contribution < -0.4 is 20.7 Å². The lowest BCUT2D eigenvalue weighted by atomic mass is 9.99. The molecule has 0 amide bonds. The summed E-state index contributed by atoms with van der Waals surface area (Å²) in [5.74, 6) is 1.80. The Hall–Kier alpha value is -7.99. The van der Waals surface area contributed by atoms with Crippen LogP contribution in [0.3, 0.4) is 0 Å². The lowest BCUT2D eigenvalue weighted by Crippen LogP contribution is -2.74. The van der Waals surface area contributed by atoms with Crippen LogP contribution in [0.2, 0.25) is 0 Å². The first-order valence-electron chi connectivity index (χ1n) is 20.9. The summed E-state index contributed by atoms with van der Waals surface area (Å²) in [6, 6.07) is 83.9. The number of aromatic nitrogens is 3. The summed E-state index contributed by atoms with van der Waals surface area (Å²) >= 11 is 0. The molecular formula is C57H39N3OSi. The number of para-hydroxylation sites is 1. The van der Waals surface area contributed by atoms with E-state index in [1.807, 2.05) is 36.4 Å². The predicted molar refractivity (Wildman–Crippen MR) is 258 cm³/mol. The fraction of sp³-hybridized carbons (Fsp3) is 0. The van der Waals surface area contributed by atoms with Crippen LogP contribution in [0.4, 0.5) is 0 Å². The number of nitrogens with zero attached hydrogens (tertiary/aromatic N) is 3. The Balaban J connectivity index is 1.08. The van der Waals surface area contributed by atoms with Gasteiger partial charge in [0.05, 0.1) is 0 Å². The van der Waals surface area contributed by atoms with E-state index in [0.29, 0.717) is 17.5 Å². The summed E-state index contributed by atoms with van der Waals surface area (Å²) in [7, 11) is -2.82. The van der Waals surface area contributed by atoms with Crippen molar-refractivity contribution in [2.45, 2.75) is 0 Å². The van der Waals surface area contributed by atoms with Gasteiger partial charge in [0.15, 0.2) is 25.5 Å². The lowest BCUT2D eigenvalue weighted by molar-refractivity contribution is 0.669. The molecule has 11 aromatic rings. The fourth-order valence-corrected chi connectivity index (χ4v) is 13.8. The van der Waals surface area contributed by atoms with E-state index in [1.54, 1.807) is 0 Å². The van der Waals surface area contributed by atoms with Crippen LogP contribution in [-0.4, -0.2) is 23.0 Å². The van der Waals surface area contributed by atoms with Crippen molar-refractivity contribution in [2.24, 2.45) is 0 Å². The number of rotatable bonds is 9. The van der Waals surface area contributed by atoms with Crippen molar-refractivity contribution in [3.05, 3.63) is 237 Å². The third-order valence-corrected chi connectivity index (χ3v) is 16.7. The number of hydrogen-bond acceptors (Lipinski definition) is 4. The van der Waals surface area contributed by atoms with Crippen LogP contribution in [0.5, 0.6) is 0 Å². The summed E-state index contributed by atoms with van der Waals surface area (Å²) < 4.78 is 6.34. The molecule has 0 bridgehead atoms. The summed E-state index contributed by atoms with van der Waals surface area (Å²) in [5.41, 5.74) is 9.00. The molecule has 4 nitrogen and oxygen atoms in total. The van der Waals surface area contributed by atoms with Crippen molar-refractivity contribution >= 4 is 50.8 Å². The van der Waals surface area contributed by atoms with E-state index in [1.165, 1.54) is 31.9 Å². The SMILES string of the molecule is c1ccc(-c2ccc(-c3ccc(-c4nc(-c5cccc([Si](c6ccccc6)(c6ccccc6)c6ccccc6)c5)nc(-c5cccc6oc7ccccc7c56)n4)cc3)cc2)cc1. The van der Waals surface area contributed by atoms with Crippen molar-refractivity contribution in [3.63, 3.8) is 0 Å². The Morgan fingerprint density at radius 2 is 0.694 bits per heavy atom. The summed E-state index contributed by atoms with van der Waals surface area (Å²) in [6.07, 6.45) is 0. The fourth-order valence-electron chi connectivity index (χ4n) is 8.97. The van der Waals surface area contributed by atoms with Gasteiger partial charge in [0.1, 0.15) is 11.2 Å². The molecule has 0 saturated carbocycles. The average Bonchev–Trinajstić information content (AvgIpc) is 3.75. The van der Waals surface area contributed by atoms with E-state index in [0.717, 1.165) is 49.8 Å². The molecule has 0 saturated heterocycles. The standard InChI is InChI=1S/C57H39N3OSi/c1-5-17-40(18-6-1)41-31-33-42(34-32-41)43-35-37-44(38-36-43)55-58-56(60-57(59-55)51-28-16-30-53-54(51)50-27-13-14-29-52(50)61-53)45-19-15-26-49(39-45)62(46-20-7-2-8-21-46,47-22-9-3-10-23-47)48-24-11-4-12-25-48/h1-39H. The molecule has 2 aromatic heterocycles. The van der Waals surface area contributed by atoms with Crippen LogP contribution in [0.1, 0.15) is 0 Å². The minimum absolute atomic E-state index is 0.589. The van der Waals surface area contributed by atoms with Gasteiger partial charge in [0.2, 0.25) is 0 Å². The van der Waals surface area contributed by atoms with Crippen molar-refractivity contribution in [2.75, 3.05) is 0 Å². The summed E-state index contributed by atoms with van der Waals surface area (Å²) in [6.45, 7) is 0. The number of benzene rings is 9. The second-order valence-electron chi connectivity index (χ2n) is 15.5. The van der Waals surface area contributed by atoms with Crippen molar-refractivity contribution < 1.29 is 4.42 Å². The third kappa shape index (κ3) is 6.62. The molecule has 11 rings (SSSR count). The summed E-state index contributed by atoms with van der Waals surface area (Å²) in [4.78, 5) is 15.9. The van der Waals surface area contributed by atoms with Gasteiger partial charge < -0.3 is 4.42 Å². The molecule has 5 heteroatoms. The van der Waals surface area contributed by atoms with E-state index in [2.05, 4.69) is 200 Å². The molecule has 2 heterocycles. The molecule has 62 heavy (non-hydrogen) atoms. The van der Waals surface area contributed by atoms with E-state index < -0.39 is 8.07 Å². The smallest absolute Gasteiger partial charge is 0.179 e. The minimum atomic E-state index is -2.82. The second-order valence-corrected chi connectivity index (χ2v) is 19.3. The number of furan rings is 1. The quantitative estimate of drug-likeness (QED) is 0.108.